The maximum atomic E-state index is 12.5. The lowest BCUT2D eigenvalue weighted by molar-refractivity contribution is 0.0692. The van der Waals surface area contributed by atoms with Crippen LogP contribution in [0.1, 0.15) is 15.9 Å². The van der Waals surface area contributed by atoms with Gasteiger partial charge in [0, 0.05) is 5.02 Å². The van der Waals surface area contributed by atoms with E-state index in [4.69, 9.17) is 16.7 Å². The Kier molecular flexibility index (Phi) is 3.83. The van der Waals surface area contributed by atoms with Gasteiger partial charge in [-0.2, -0.15) is 0 Å². The van der Waals surface area contributed by atoms with Gasteiger partial charge in [-0.1, -0.05) is 29.3 Å². The molecule has 0 radical (unpaired) electrons. The van der Waals surface area contributed by atoms with Crippen LogP contribution in [0.2, 0.25) is 5.02 Å². The summed E-state index contributed by atoms with van der Waals surface area (Å²) in [7, 11) is -3.92. The third-order valence-electron chi connectivity index (χ3n) is 2.79. The first kappa shape index (κ1) is 14.6. The van der Waals surface area contributed by atoms with Gasteiger partial charge in [0.2, 0.25) is 9.84 Å². The van der Waals surface area contributed by atoms with E-state index < -0.39 is 15.8 Å². The molecule has 6 heteroatoms. The molecule has 1 N–H and O–H groups in total. The van der Waals surface area contributed by atoms with Crippen molar-refractivity contribution >= 4 is 27.4 Å². The second-order valence-corrected chi connectivity index (χ2v) is 6.62. The maximum absolute atomic E-state index is 12.5. The van der Waals surface area contributed by atoms with Crippen molar-refractivity contribution in [3.8, 4) is 0 Å². The number of carbonyl (C=O) groups is 1. The summed E-state index contributed by atoms with van der Waals surface area (Å²) in [6.07, 6.45) is 0. The first-order chi connectivity index (χ1) is 9.32. The molecule has 2 rings (SSSR count). The van der Waals surface area contributed by atoms with Crippen LogP contribution in [0, 0.1) is 6.92 Å². The largest absolute Gasteiger partial charge is 0.478 e. The van der Waals surface area contributed by atoms with E-state index in [9.17, 15) is 13.2 Å². The molecule has 2 aromatic rings. The van der Waals surface area contributed by atoms with E-state index in [0.717, 1.165) is 11.6 Å². The van der Waals surface area contributed by atoms with Gasteiger partial charge in [0.1, 0.15) is 0 Å². The molecular formula is C14H11ClO4S. The van der Waals surface area contributed by atoms with Gasteiger partial charge in [-0.3, -0.25) is 0 Å². The second kappa shape index (κ2) is 5.26. The van der Waals surface area contributed by atoms with Crippen LogP contribution >= 0.6 is 11.6 Å². The summed E-state index contributed by atoms with van der Waals surface area (Å²) in [5.41, 5.74) is 0.614. The van der Waals surface area contributed by atoms with E-state index in [1.807, 2.05) is 6.92 Å². The highest BCUT2D eigenvalue weighted by Gasteiger charge is 2.24. The monoisotopic (exact) mass is 310 g/mol. The van der Waals surface area contributed by atoms with Crippen LogP contribution in [0.15, 0.2) is 52.3 Å². The topological polar surface area (TPSA) is 71.4 Å². The van der Waals surface area contributed by atoms with Gasteiger partial charge in [0.15, 0.2) is 0 Å². The van der Waals surface area contributed by atoms with Crippen LogP contribution < -0.4 is 0 Å². The van der Waals surface area contributed by atoms with E-state index in [1.54, 1.807) is 12.1 Å². The Balaban J connectivity index is 2.68. The molecule has 0 aliphatic rings. The zero-order valence-corrected chi connectivity index (χ0v) is 12.1. The molecule has 0 aromatic heterocycles. The third kappa shape index (κ3) is 2.69. The molecule has 0 atom stereocenters. The fourth-order valence-electron chi connectivity index (χ4n) is 1.74. The number of aryl methyl sites for hydroxylation is 1. The normalized spacial score (nSPS) is 11.3. The van der Waals surface area contributed by atoms with Crippen molar-refractivity contribution in [2.24, 2.45) is 0 Å². The van der Waals surface area contributed by atoms with Gasteiger partial charge >= 0.3 is 5.97 Å². The fourth-order valence-corrected chi connectivity index (χ4v) is 3.45. The lowest BCUT2D eigenvalue weighted by Gasteiger charge is -2.08. The average Bonchev–Trinajstić information content (AvgIpc) is 2.38. The Bertz CT molecular complexity index is 764. The summed E-state index contributed by atoms with van der Waals surface area (Å²) in [5.74, 6) is -1.31. The third-order valence-corrected chi connectivity index (χ3v) is 4.84. The number of hydrogen-bond donors (Lipinski definition) is 1. The summed E-state index contributed by atoms with van der Waals surface area (Å²) < 4.78 is 25.0. The number of carboxylic acid groups (broad SMARTS) is 1. The first-order valence-electron chi connectivity index (χ1n) is 5.67. The summed E-state index contributed by atoms with van der Waals surface area (Å²) in [4.78, 5) is 10.9. The quantitative estimate of drug-likeness (QED) is 0.945. The maximum Gasteiger partial charge on any atom is 0.337 e. The van der Waals surface area contributed by atoms with Gasteiger partial charge in [-0.15, -0.1) is 0 Å². The van der Waals surface area contributed by atoms with Crippen LogP contribution in [-0.4, -0.2) is 19.5 Å². The average molecular weight is 311 g/mol. The Morgan fingerprint density at radius 1 is 1.10 bits per heavy atom. The van der Waals surface area contributed by atoms with Crippen molar-refractivity contribution in [3.05, 3.63) is 58.6 Å². The van der Waals surface area contributed by atoms with Crippen LogP contribution in [-0.2, 0) is 9.84 Å². The minimum Gasteiger partial charge on any atom is -0.478 e. The summed E-state index contributed by atoms with van der Waals surface area (Å²) >= 11 is 5.78. The highest BCUT2D eigenvalue weighted by atomic mass is 35.5. The van der Waals surface area contributed by atoms with Crippen LogP contribution in [0.4, 0.5) is 0 Å². The van der Waals surface area contributed by atoms with Gasteiger partial charge in [-0.05, 0) is 37.3 Å². The molecule has 4 nitrogen and oxygen atoms in total. The standard InChI is InChI=1S/C14H11ClO4S/c1-9-2-5-11(6-3-9)20(18,19)13-8-10(15)4-7-12(13)14(16)17/h2-8H,1H3,(H,16,17). The number of carboxylic acids is 1. The molecule has 104 valence electrons. The molecule has 0 aliphatic heterocycles. The molecule has 0 aliphatic carbocycles. The lowest BCUT2D eigenvalue weighted by Crippen LogP contribution is -2.09. The van der Waals surface area contributed by atoms with Crippen LogP contribution in [0.3, 0.4) is 0 Å². The molecule has 0 amide bonds. The van der Waals surface area contributed by atoms with Gasteiger partial charge < -0.3 is 5.11 Å². The minimum absolute atomic E-state index is 0.0351. The van der Waals surface area contributed by atoms with Gasteiger partial charge in [0.05, 0.1) is 15.4 Å². The van der Waals surface area contributed by atoms with Gasteiger partial charge in [-0.25, -0.2) is 13.2 Å². The van der Waals surface area contributed by atoms with Crippen LogP contribution in [0.5, 0.6) is 0 Å². The van der Waals surface area contributed by atoms with Crippen LogP contribution in [0.25, 0.3) is 0 Å². The van der Waals surface area contributed by atoms with E-state index in [1.165, 1.54) is 24.3 Å². The van der Waals surface area contributed by atoms with Gasteiger partial charge in [0.25, 0.3) is 0 Å². The van der Waals surface area contributed by atoms with E-state index in [-0.39, 0.29) is 20.4 Å². The molecule has 0 saturated heterocycles. The number of halogens is 1. The number of rotatable bonds is 3. The van der Waals surface area contributed by atoms with Crippen molar-refractivity contribution in [2.45, 2.75) is 16.7 Å². The molecular weight excluding hydrogens is 300 g/mol. The molecule has 20 heavy (non-hydrogen) atoms. The highest BCUT2D eigenvalue weighted by Crippen LogP contribution is 2.27. The Labute approximate surface area is 121 Å². The Hall–Kier alpha value is -1.85. The van der Waals surface area contributed by atoms with Crippen molar-refractivity contribution in [2.75, 3.05) is 0 Å². The molecule has 0 fully saturated rings. The smallest absolute Gasteiger partial charge is 0.337 e. The number of sulfone groups is 1. The Morgan fingerprint density at radius 2 is 1.70 bits per heavy atom. The molecule has 2 aromatic carbocycles. The summed E-state index contributed by atoms with van der Waals surface area (Å²) in [5, 5.41) is 9.27. The fraction of sp³-hybridized carbons (Fsp3) is 0.0714. The lowest BCUT2D eigenvalue weighted by atomic mass is 10.2. The molecule has 0 bridgehead atoms. The van der Waals surface area contributed by atoms with Crippen molar-refractivity contribution in [3.63, 3.8) is 0 Å². The zero-order chi connectivity index (χ0) is 14.9. The van der Waals surface area contributed by atoms with E-state index >= 15 is 0 Å². The van der Waals surface area contributed by atoms with Crippen molar-refractivity contribution in [1.82, 2.24) is 0 Å². The Morgan fingerprint density at radius 3 is 2.25 bits per heavy atom. The highest BCUT2D eigenvalue weighted by molar-refractivity contribution is 7.91. The minimum atomic E-state index is -3.92. The zero-order valence-electron chi connectivity index (χ0n) is 10.5. The van der Waals surface area contributed by atoms with E-state index in [0.29, 0.717) is 0 Å². The van der Waals surface area contributed by atoms with E-state index in [2.05, 4.69) is 0 Å². The predicted molar refractivity (Wildman–Crippen MR) is 75.0 cm³/mol. The number of hydrogen-bond acceptors (Lipinski definition) is 3. The SMILES string of the molecule is Cc1ccc(S(=O)(=O)c2cc(Cl)ccc2C(=O)O)cc1. The molecule has 0 saturated carbocycles. The van der Waals surface area contributed by atoms with Crippen molar-refractivity contribution < 1.29 is 18.3 Å². The molecule has 0 spiro atoms. The molecule has 0 heterocycles. The second-order valence-electron chi connectivity index (χ2n) is 4.26. The first-order valence-corrected chi connectivity index (χ1v) is 7.53. The number of aromatic carboxylic acids is 1. The number of benzene rings is 2. The predicted octanol–water partition coefficient (Wildman–Crippen LogP) is 3.18. The summed E-state index contributed by atoms with van der Waals surface area (Å²) in [6, 6.07) is 9.87. The molecule has 0 unspecified atom stereocenters. The summed E-state index contributed by atoms with van der Waals surface area (Å²) in [6.45, 7) is 1.83. The van der Waals surface area contributed by atoms with Crippen molar-refractivity contribution in [1.29, 1.82) is 0 Å².